The molecule has 1 aliphatic carbocycles. The summed E-state index contributed by atoms with van der Waals surface area (Å²) >= 11 is 0. The predicted molar refractivity (Wildman–Crippen MR) is 57.7 cm³/mol. The summed E-state index contributed by atoms with van der Waals surface area (Å²) in [6, 6.07) is 0. The number of ether oxygens (including phenoxy) is 2. The first-order valence-electron chi connectivity index (χ1n) is 6.02. The molecule has 0 amide bonds. The van der Waals surface area contributed by atoms with Crippen molar-refractivity contribution in [2.24, 2.45) is 5.41 Å². The highest BCUT2D eigenvalue weighted by Crippen LogP contribution is 2.42. The summed E-state index contributed by atoms with van der Waals surface area (Å²) in [5.74, 6) is 0. The molecule has 2 rings (SSSR count). The summed E-state index contributed by atoms with van der Waals surface area (Å²) in [7, 11) is 0. The quantitative estimate of drug-likeness (QED) is 0.777. The first kappa shape index (κ1) is 11.4. The predicted octanol–water partition coefficient (Wildman–Crippen LogP) is 1.73. The van der Waals surface area contributed by atoms with Crippen LogP contribution in [-0.4, -0.2) is 36.6 Å². The second-order valence-electron chi connectivity index (χ2n) is 5.38. The Hall–Kier alpha value is -0.120. The molecule has 1 saturated heterocycles. The van der Waals surface area contributed by atoms with Gasteiger partial charge >= 0.3 is 0 Å². The number of hydrogen-bond acceptors (Lipinski definition) is 3. The van der Waals surface area contributed by atoms with E-state index >= 15 is 0 Å². The second-order valence-corrected chi connectivity index (χ2v) is 5.38. The molecule has 1 aliphatic heterocycles. The van der Waals surface area contributed by atoms with Gasteiger partial charge in [-0.25, -0.2) is 0 Å². The lowest BCUT2D eigenvalue weighted by molar-refractivity contribution is -0.190. The number of aliphatic hydroxyl groups excluding tert-OH is 1. The van der Waals surface area contributed by atoms with E-state index in [9.17, 15) is 5.11 Å². The highest BCUT2D eigenvalue weighted by molar-refractivity contribution is 4.98. The summed E-state index contributed by atoms with van der Waals surface area (Å²) in [5, 5.41) is 9.57. The van der Waals surface area contributed by atoms with Gasteiger partial charge in [0.05, 0.1) is 24.9 Å². The molecular formula is C12H22O3. The summed E-state index contributed by atoms with van der Waals surface area (Å²) in [6.07, 6.45) is 4.63. The molecule has 0 bridgehead atoms. The molecule has 2 aliphatic rings. The van der Waals surface area contributed by atoms with E-state index in [0.717, 1.165) is 19.4 Å². The minimum Gasteiger partial charge on any atom is -0.392 e. The molecule has 3 nitrogen and oxygen atoms in total. The minimum absolute atomic E-state index is 0.0747. The van der Waals surface area contributed by atoms with Gasteiger partial charge in [-0.15, -0.1) is 0 Å². The standard InChI is InChI=1S/C12H22O3/c1-12(2)10(13)7-11(12)15-8-9-5-3-4-6-14-9/h9-11,13H,3-8H2,1-2H3. The van der Waals surface area contributed by atoms with Gasteiger partial charge in [-0.05, 0) is 19.3 Å². The van der Waals surface area contributed by atoms with E-state index < -0.39 is 0 Å². The van der Waals surface area contributed by atoms with Gasteiger partial charge in [-0.3, -0.25) is 0 Å². The smallest absolute Gasteiger partial charge is 0.0808 e. The van der Waals surface area contributed by atoms with Crippen LogP contribution < -0.4 is 0 Å². The fraction of sp³-hybridized carbons (Fsp3) is 1.00. The van der Waals surface area contributed by atoms with Gasteiger partial charge < -0.3 is 14.6 Å². The molecule has 1 saturated carbocycles. The van der Waals surface area contributed by atoms with E-state index in [1.54, 1.807) is 0 Å². The molecule has 88 valence electrons. The second kappa shape index (κ2) is 4.40. The lowest BCUT2D eigenvalue weighted by Gasteiger charge is -2.49. The highest BCUT2D eigenvalue weighted by atomic mass is 16.5. The third kappa shape index (κ3) is 2.35. The number of aliphatic hydroxyl groups is 1. The Morgan fingerprint density at radius 1 is 1.40 bits per heavy atom. The van der Waals surface area contributed by atoms with Gasteiger partial charge in [-0.2, -0.15) is 0 Å². The summed E-state index contributed by atoms with van der Waals surface area (Å²) in [5.41, 5.74) is -0.0747. The van der Waals surface area contributed by atoms with Gasteiger partial charge in [0.2, 0.25) is 0 Å². The van der Waals surface area contributed by atoms with Gasteiger partial charge in [0.15, 0.2) is 0 Å². The lowest BCUT2D eigenvalue weighted by Crippen LogP contribution is -2.55. The largest absolute Gasteiger partial charge is 0.392 e. The maximum atomic E-state index is 9.57. The Morgan fingerprint density at radius 3 is 2.73 bits per heavy atom. The average molecular weight is 214 g/mol. The van der Waals surface area contributed by atoms with E-state index in [2.05, 4.69) is 13.8 Å². The van der Waals surface area contributed by atoms with Crippen molar-refractivity contribution in [2.45, 2.75) is 57.8 Å². The van der Waals surface area contributed by atoms with Crippen molar-refractivity contribution in [3.05, 3.63) is 0 Å². The van der Waals surface area contributed by atoms with Crippen LogP contribution in [0.5, 0.6) is 0 Å². The van der Waals surface area contributed by atoms with E-state index in [-0.39, 0.29) is 23.7 Å². The molecule has 0 spiro atoms. The van der Waals surface area contributed by atoms with Crippen LogP contribution in [0.2, 0.25) is 0 Å². The topological polar surface area (TPSA) is 38.7 Å². The molecule has 15 heavy (non-hydrogen) atoms. The fourth-order valence-electron chi connectivity index (χ4n) is 2.31. The van der Waals surface area contributed by atoms with E-state index in [4.69, 9.17) is 9.47 Å². The number of hydrogen-bond donors (Lipinski definition) is 1. The van der Waals surface area contributed by atoms with Crippen molar-refractivity contribution < 1.29 is 14.6 Å². The summed E-state index contributed by atoms with van der Waals surface area (Å²) < 4.78 is 11.4. The van der Waals surface area contributed by atoms with E-state index in [1.807, 2.05) is 0 Å². The van der Waals surface area contributed by atoms with Crippen LogP contribution in [0.15, 0.2) is 0 Å². The van der Waals surface area contributed by atoms with Crippen molar-refractivity contribution in [2.75, 3.05) is 13.2 Å². The van der Waals surface area contributed by atoms with Crippen LogP contribution in [0, 0.1) is 5.41 Å². The molecule has 1 heterocycles. The van der Waals surface area contributed by atoms with Crippen molar-refractivity contribution in [1.82, 2.24) is 0 Å². The molecule has 2 fully saturated rings. The Bertz CT molecular complexity index is 209. The minimum atomic E-state index is -0.199. The van der Waals surface area contributed by atoms with Gasteiger partial charge in [0.25, 0.3) is 0 Å². The SMILES string of the molecule is CC1(C)C(O)CC1OCC1CCCCO1. The molecule has 3 atom stereocenters. The van der Waals surface area contributed by atoms with Crippen molar-refractivity contribution >= 4 is 0 Å². The molecule has 0 aromatic rings. The summed E-state index contributed by atoms with van der Waals surface area (Å²) in [6.45, 7) is 5.70. The zero-order valence-electron chi connectivity index (χ0n) is 9.74. The van der Waals surface area contributed by atoms with Gasteiger partial charge in [-0.1, -0.05) is 13.8 Å². The Kier molecular flexibility index (Phi) is 3.33. The van der Waals surface area contributed by atoms with Crippen LogP contribution >= 0.6 is 0 Å². The Morgan fingerprint density at radius 2 is 2.20 bits per heavy atom. The normalized spacial score (nSPS) is 39.8. The Balaban J connectivity index is 1.70. The molecule has 3 heteroatoms. The lowest BCUT2D eigenvalue weighted by atomic mass is 9.66. The highest BCUT2D eigenvalue weighted by Gasteiger charge is 2.48. The van der Waals surface area contributed by atoms with Crippen LogP contribution in [0.4, 0.5) is 0 Å². The van der Waals surface area contributed by atoms with Crippen LogP contribution in [0.25, 0.3) is 0 Å². The van der Waals surface area contributed by atoms with E-state index in [0.29, 0.717) is 6.61 Å². The van der Waals surface area contributed by atoms with Crippen LogP contribution in [0.1, 0.15) is 39.5 Å². The first-order valence-corrected chi connectivity index (χ1v) is 6.02. The summed E-state index contributed by atoms with van der Waals surface area (Å²) in [4.78, 5) is 0. The van der Waals surface area contributed by atoms with E-state index in [1.165, 1.54) is 12.8 Å². The zero-order chi connectivity index (χ0) is 10.9. The molecule has 0 aromatic heterocycles. The van der Waals surface area contributed by atoms with Crippen molar-refractivity contribution in [3.63, 3.8) is 0 Å². The third-order valence-corrected chi connectivity index (χ3v) is 3.88. The zero-order valence-corrected chi connectivity index (χ0v) is 9.74. The van der Waals surface area contributed by atoms with Crippen molar-refractivity contribution in [3.8, 4) is 0 Å². The first-order chi connectivity index (χ1) is 7.10. The van der Waals surface area contributed by atoms with Crippen LogP contribution in [0.3, 0.4) is 0 Å². The maximum absolute atomic E-state index is 9.57. The van der Waals surface area contributed by atoms with Gasteiger partial charge in [0.1, 0.15) is 0 Å². The third-order valence-electron chi connectivity index (χ3n) is 3.88. The average Bonchev–Trinajstić information content (AvgIpc) is 2.25. The molecule has 0 radical (unpaired) electrons. The van der Waals surface area contributed by atoms with Gasteiger partial charge in [0, 0.05) is 18.4 Å². The monoisotopic (exact) mass is 214 g/mol. The van der Waals surface area contributed by atoms with Crippen LogP contribution in [-0.2, 0) is 9.47 Å². The molecular weight excluding hydrogens is 192 g/mol. The maximum Gasteiger partial charge on any atom is 0.0808 e. The fourth-order valence-corrected chi connectivity index (χ4v) is 2.31. The Labute approximate surface area is 91.8 Å². The molecule has 1 N–H and O–H groups in total. The number of rotatable bonds is 3. The van der Waals surface area contributed by atoms with Crippen molar-refractivity contribution in [1.29, 1.82) is 0 Å². The molecule has 0 aromatic carbocycles. The molecule has 3 unspecified atom stereocenters.